The van der Waals surface area contributed by atoms with Gasteiger partial charge in [-0.3, -0.25) is 4.79 Å². The van der Waals surface area contributed by atoms with Gasteiger partial charge in [-0.15, -0.1) is 0 Å². The average molecular weight is 380 g/mol. The van der Waals surface area contributed by atoms with E-state index in [2.05, 4.69) is 36.1 Å². The molecule has 3 aromatic rings. The predicted molar refractivity (Wildman–Crippen MR) is 112 cm³/mol. The van der Waals surface area contributed by atoms with Gasteiger partial charge in [0.05, 0.1) is 5.52 Å². The Kier molecular flexibility index (Phi) is 5.00. The maximum Gasteiger partial charge on any atom is 0.341 e. The fraction of sp³-hybridized carbons (Fsp3) is 0.273. The van der Waals surface area contributed by atoms with E-state index in [4.69, 9.17) is 0 Å². The highest BCUT2D eigenvalue weighted by Gasteiger charge is 2.24. The van der Waals surface area contributed by atoms with Gasteiger partial charge in [0.2, 0.25) is 5.43 Å². The molecule has 1 aliphatic heterocycles. The van der Waals surface area contributed by atoms with E-state index in [9.17, 15) is 14.7 Å². The van der Waals surface area contributed by atoms with Crippen LogP contribution in [0.5, 0.6) is 0 Å². The zero-order valence-corrected chi connectivity index (χ0v) is 16.2. The number of benzene rings is 2. The summed E-state index contributed by atoms with van der Waals surface area (Å²) in [5.74, 6) is -1.17. The summed E-state index contributed by atoms with van der Waals surface area (Å²) >= 11 is 0. The molecular weight excluding hydrogens is 356 g/mol. The zero-order chi connectivity index (χ0) is 19.3. The lowest BCUT2D eigenvalue weighted by Gasteiger charge is -2.28. The SMILES string of the molecule is CC1CCc2c(-c3ccc(N(C)C)cc3)ccc3c(=O)c(C(=O)O)cn1c23.O. The van der Waals surface area contributed by atoms with Crippen LogP contribution in [-0.2, 0) is 6.42 Å². The van der Waals surface area contributed by atoms with Crippen LogP contribution in [0.25, 0.3) is 22.0 Å². The highest BCUT2D eigenvalue weighted by atomic mass is 16.4. The molecule has 0 amide bonds. The third-order valence-electron chi connectivity index (χ3n) is 5.51. The topological polar surface area (TPSA) is 94.0 Å². The van der Waals surface area contributed by atoms with E-state index in [1.165, 1.54) is 6.20 Å². The average Bonchev–Trinajstić information content (AvgIpc) is 2.65. The second kappa shape index (κ2) is 7.13. The first-order chi connectivity index (χ1) is 12.9. The number of hydrogen-bond donors (Lipinski definition) is 1. The number of hydrogen-bond acceptors (Lipinski definition) is 3. The van der Waals surface area contributed by atoms with Crippen LogP contribution in [0.3, 0.4) is 0 Å². The summed E-state index contributed by atoms with van der Waals surface area (Å²) < 4.78 is 1.97. The Bertz CT molecular complexity index is 1110. The van der Waals surface area contributed by atoms with Crippen molar-refractivity contribution >= 4 is 22.6 Å². The van der Waals surface area contributed by atoms with E-state index in [-0.39, 0.29) is 17.1 Å². The summed E-state index contributed by atoms with van der Waals surface area (Å²) in [5, 5.41) is 9.90. The molecule has 1 aromatic heterocycles. The molecule has 3 N–H and O–H groups in total. The van der Waals surface area contributed by atoms with Crippen LogP contribution >= 0.6 is 0 Å². The molecule has 1 aliphatic rings. The Morgan fingerprint density at radius 3 is 2.43 bits per heavy atom. The van der Waals surface area contributed by atoms with Gasteiger partial charge in [0, 0.05) is 37.4 Å². The molecule has 6 nitrogen and oxygen atoms in total. The number of carboxylic acid groups (broad SMARTS) is 1. The van der Waals surface area contributed by atoms with Crippen LogP contribution in [0.1, 0.15) is 35.3 Å². The summed E-state index contributed by atoms with van der Waals surface area (Å²) in [4.78, 5) is 26.2. The minimum Gasteiger partial charge on any atom is -0.477 e. The first-order valence-electron chi connectivity index (χ1n) is 9.10. The number of pyridine rings is 1. The van der Waals surface area contributed by atoms with Gasteiger partial charge in [0.25, 0.3) is 0 Å². The van der Waals surface area contributed by atoms with Gasteiger partial charge in [0.1, 0.15) is 5.56 Å². The molecule has 4 rings (SSSR count). The number of aromatic carboxylic acids is 1. The summed E-state index contributed by atoms with van der Waals surface area (Å²) in [6.45, 7) is 2.07. The number of anilines is 1. The van der Waals surface area contributed by atoms with Crippen LogP contribution in [-0.4, -0.2) is 35.2 Å². The zero-order valence-electron chi connectivity index (χ0n) is 16.2. The van der Waals surface area contributed by atoms with Gasteiger partial charge in [-0.25, -0.2) is 4.79 Å². The highest BCUT2D eigenvalue weighted by Crippen LogP contribution is 2.36. The lowest BCUT2D eigenvalue weighted by atomic mass is 9.89. The monoisotopic (exact) mass is 380 g/mol. The number of nitrogens with zero attached hydrogens (tertiary/aromatic N) is 2. The first-order valence-corrected chi connectivity index (χ1v) is 9.10. The highest BCUT2D eigenvalue weighted by molar-refractivity contribution is 5.96. The molecule has 6 heteroatoms. The number of aromatic nitrogens is 1. The van der Waals surface area contributed by atoms with Crippen molar-refractivity contribution < 1.29 is 15.4 Å². The molecule has 1 atom stereocenters. The van der Waals surface area contributed by atoms with Crippen molar-refractivity contribution in [1.29, 1.82) is 0 Å². The first kappa shape index (κ1) is 19.6. The van der Waals surface area contributed by atoms with E-state index in [1.807, 2.05) is 24.7 Å². The summed E-state index contributed by atoms with van der Waals surface area (Å²) in [7, 11) is 4.02. The quantitative estimate of drug-likeness (QED) is 0.755. The third kappa shape index (κ3) is 2.96. The lowest BCUT2D eigenvalue weighted by molar-refractivity contribution is 0.0694. The van der Waals surface area contributed by atoms with Crippen molar-refractivity contribution in [3.63, 3.8) is 0 Å². The number of carboxylic acids is 1. The Hall–Kier alpha value is -3.12. The van der Waals surface area contributed by atoms with Crippen LogP contribution in [0.15, 0.2) is 47.4 Å². The Balaban J connectivity index is 0.00000225. The van der Waals surface area contributed by atoms with E-state index in [0.717, 1.165) is 40.7 Å². The van der Waals surface area contributed by atoms with Crippen molar-refractivity contribution in [1.82, 2.24) is 4.57 Å². The molecule has 0 radical (unpaired) electrons. The summed E-state index contributed by atoms with van der Waals surface area (Å²) in [5.41, 5.74) is 4.77. The molecule has 2 aromatic carbocycles. The van der Waals surface area contributed by atoms with Gasteiger partial charge in [-0.2, -0.15) is 0 Å². The molecule has 0 saturated heterocycles. The van der Waals surface area contributed by atoms with Crippen molar-refractivity contribution in [3.8, 4) is 11.1 Å². The number of aryl methyl sites for hydroxylation is 1. The van der Waals surface area contributed by atoms with Crippen molar-refractivity contribution in [2.24, 2.45) is 0 Å². The molecule has 0 saturated carbocycles. The van der Waals surface area contributed by atoms with Crippen molar-refractivity contribution in [2.45, 2.75) is 25.8 Å². The van der Waals surface area contributed by atoms with Gasteiger partial charge in [-0.05, 0) is 54.7 Å². The molecule has 2 heterocycles. The fourth-order valence-corrected chi connectivity index (χ4v) is 3.98. The van der Waals surface area contributed by atoms with E-state index in [1.54, 1.807) is 6.07 Å². The molecule has 0 spiro atoms. The van der Waals surface area contributed by atoms with Crippen molar-refractivity contribution in [2.75, 3.05) is 19.0 Å². The second-order valence-corrected chi connectivity index (χ2v) is 7.40. The summed E-state index contributed by atoms with van der Waals surface area (Å²) in [6.07, 6.45) is 3.30. The lowest BCUT2D eigenvalue weighted by Crippen LogP contribution is -2.24. The molecule has 146 valence electrons. The van der Waals surface area contributed by atoms with Crippen molar-refractivity contribution in [3.05, 3.63) is 63.9 Å². The van der Waals surface area contributed by atoms with Crippen LogP contribution < -0.4 is 10.3 Å². The van der Waals surface area contributed by atoms with E-state index in [0.29, 0.717) is 5.39 Å². The van der Waals surface area contributed by atoms with E-state index >= 15 is 0 Å². The van der Waals surface area contributed by atoms with Crippen LogP contribution in [0.2, 0.25) is 0 Å². The summed E-state index contributed by atoms with van der Waals surface area (Å²) in [6, 6.07) is 12.2. The normalized spacial score (nSPS) is 15.2. The van der Waals surface area contributed by atoms with Gasteiger partial charge in [-0.1, -0.05) is 18.2 Å². The van der Waals surface area contributed by atoms with Gasteiger partial charge in [0.15, 0.2) is 0 Å². The third-order valence-corrected chi connectivity index (χ3v) is 5.51. The Labute approximate surface area is 163 Å². The number of rotatable bonds is 3. The molecule has 0 fully saturated rings. The molecule has 0 bridgehead atoms. The predicted octanol–water partition coefficient (Wildman–Crippen LogP) is 3.12. The molecule has 28 heavy (non-hydrogen) atoms. The molecule has 0 aliphatic carbocycles. The minimum atomic E-state index is -1.17. The van der Waals surface area contributed by atoms with Gasteiger partial charge >= 0.3 is 5.97 Å². The number of carbonyl (C=O) groups is 1. The molecule has 1 unspecified atom stereocenters. The van der Waals surface area contributed by atoms with Crippen LogP contribution in [0, 0.1) is 0 Å². The largest absolute Gasteiger partial charge is 0.477 e. The standard InChI is InChI=1S/C22H22N2O3.H2O/c1-13-4-9-17-16(14-5-7-15(8-6-14)23(2)3)10-11-18-20(17)24(13)12-19(21(18)25)22(26)27;/h5-8,10-13H,4,9H2,1-3H3,(H,26,27);1H2. The maximum absolute atomic E-state index is 12.7. The minimum absolute atomic E-state index is 0. The molecular formula is C22H24N2O4. The van der Waals surface area contributed by atoms with E-state index < -0.39 is 11.4 Å². The van der Waals surface area contributed by atoms with Gasteiger partial charge < -0.3 is 20.0 Å². The Morgan fingerprint density at radius 1 is 1.14 bits per heavy atom. The van der Waals surface area contributed by atoms with Crippen LogP contribution in [0.4, 0.5) is 5.69 Å². The Morgan fingerprint density at radius 2 is 1.82 bits per heavy atom. The second-order valence-electron chi connectivity index (χ2n) is 7.40. The fourth-order valence-electron chi connectivity index (χ4n) is 3.98. The maximum atomic E-state index is 12.7. The smallest absolute Gasteiger partial charge is 0.341 e.